The maximum Gasteiger partial charge on any atom is 0.267 e. The van der Waals surface area contributed by atoms with E-state index in [1.807, 2.05) is 0 Å². The highest BCUT2D eigenvalue weighted by molar-refractivity contribution is 5.92. The van der Waals surface area contributed by atoms with E-state index in [1.165, 1.54) is 30.6 Å². The van der Waals surface area contributed by atoms with E-state index in [9.17, 15) is 9.18 Å². The number of benzene rings is 1. The van der Waals surface area contributed by atoms with Crippen molar-refractivity contribution < 1.29 is 13.9 Å². The van der Waals surface area contributed by atoms with Crippen molar-refractivity contribution in [1.82, 2.24) is 15.2 Å². The number of hydrogen-bond acceptors (Lipinski definition) is 4. The minimum absolute atomic E-state index is 0.245. The molecule has 1 amide bonds. The van der Waals surface area contributed by atoms with E-state index in [1.54, 1.807) is 6.92 Å². The van der Waals surface area contributed by atoms with Gasteiger partial charge < -0.3 is 4.74 Å². The number of aromatic amines is 1. The van der Waals surface area contributed by atoms with Gasteiger partial charge in [-0.15, -0.1) is 0 Å². The van der Waals surface area contributed by atoms with Crippen LogP contribution in [0.2, 0.25) is 0 Å². The van der Waals surface area contributed by atoms with Gasteiger partial charge in [0.15, 0.2) is 6.10 Å². The zero-order chi connectivity index (χ0) is 13.0. The van der Waals surface area contributed by atoms with E-state index in [0.29, 0.717) is 5.75 Å². The van der Waals surface area contributed by atoms with E-state index >= 15 is 0 Å². The van der Waals surface area contributed by atoms with Gasteiger partial charge in [0.05, 0.1) is 0 Å². The fourth-order valence-corrected chi connectivity index (χ4v) is 1.25. The van der Waals surface area contributed by atoms with Crippen molar-refractivity contribution in [3.63, 3.8) is 0 Å². The van der Waals surface area contributed by atoms with Crippen molar-refractivity contribution in [2.75, 3.05) is 5.32 Å². The lowest BCUT2D eigenvalue weighted by Crippen LogP contribution is -2.30. The molecule has 94 valence electrons. The summed E-state index contributed by atoms with van der Waals surface area (Å²) in [5.41, 5.74) is 0. The zero-order valence-corrected chi connectivity index (χ0v) is 9.55. The summed E-state index contributed by atoms with van der Waals surface area (Å²) in [6.45, 7) is 1.58. The molecular weight excluding hydrogens is 239 g/mol. The smallest absolute Gasteiger partial charge is 0.267 e. The molecule has 1 heterocycles. The second-order valence-electron chi connectivity index (χ2n) is 3.54. The number of ether oxygens (including phenoxy) is 1. The SMILES string of the molecule is C[C@H](Oc1ccc(F)cc1)C(=O)Nc1ncn[nH]1. The van der Waals surface area contributed by atoms with Gasteiger partial charge in [0, 0.05) is 0 Å². The Kier molecular flexibility index (Phi) is 3.52. The summed E-state index contributed by atoms with van der Waals surface area (Å²) in [6, 6.07) is 5.42. The molecule has 0 radical (unpaired) electrons. The number of H-pyrrole nitrogens is 1. The largest absolute Gasteiger partial charge is 0.481 e. The Morgan fingerprint density at radius 3 is 2.78 bits per heavy atom. The maximum atomic E-state index is 12.7. The van der Waals surface area contributed by atoms with Crippen LogP contribution in [0.5, 0.6) is 5.75 Å². The number of halogens is 1. The van der Waals surface area contributed by atoms with E-state index in [2.05, 4.69) is 20.5 Å². The monoisotopic (exact) mass is 250 g/mol. The van der Waals surface area contributed by atoms with Crippen molar-refractivity contribution in [2.24, 2.45) is 0 Å². The molecule has 0 saturated carbocycles. The molecule has 2 aromatic rings. The van der Waals surface area contributed by atoms with Crippen LogP contribution in [0.1, 0.15) is 6.92 Å². The number of amides is 1. The first-order valence-corrected chi connectivity index (χ1v) is 5.23. The lowest BCUT2D eigenvalue weighted by Gasteiger charge is -2.13. The highest BCUT2D eigenvalue weighted by Gasteiger charge is 2.15. The van der Waals surface area contributed by atoms with Crippen LogP contribution < -0.4 is 10.1 Å². The highest BCUT2D eigenvalue weighted by Crippen LogP contribution is 2.13. The zero-order valence-electron chi connectivity index (χ0n) is 9.55. The molecule has 1 aromatic carbocycles. The summed E-state index contributed by atoms with van der Waals surface area (Å²) >= 11 is 0. The van der Waals surface area contributed by atoms with Crippen molar-refractivity contribution in [2.45, 2.75) is 13.0 Å². The molecule has 0 unspecified atom stereocenters. The molecule has 2 N–H and O–H groups in total. The average Bonchev–Trinajstić information content (AvgIpc) is 2.85. The van der Waals surface area contributed by atoms with Gasteiger partial charge in [-0.3, -0.25) is 10.1 Å². The predicted octanol–water partition coefficient (Wildman–Crippen LogP) is 1.35. The number of rotatable bonds is 4. The summed E-state index contributed by atoms with van der Waals surface area (Å²) in [5, 5.41) is 8.58. The third-order valence-corrected chi connectivity index (χ3v) is 2.15. The van der Waals surface area contributed by atoms with Crippen molar-refractivity contribution in [1.29, 1.82) is 0 Å². The van der Waals surface area contributed by atoms with Crippen molar-refractivity contribution >= 4 is 11.9 Å². The number of carbonyl (C=O) groups excluding carboxylic acids is 1. The van der Waals surface area contributed by atoms with Crippen LogP contribution in [-0.4, -0.2) is 27.2 Å². The summed E-state index contributed by atoms with van der Waals surface area (Å²) in [5.74, 6) is -0.0802. The predicted molar refractivity (Wildman–Crippen MR) is 61.5 cm³/mol. The molecule has 0 aliphatic heterocycles. The van der Waals surface area contributed by atoms with Gasteiger partial charge in [-0.05, 0) is 31.2 Å². The fraction of sp³-hybridized carbons (Fsp3) is 0.182. The quantitative estimate of drug-likeness (QED) is 0.858. The first-order chi connectivity index (χ1) is 8.65. The minimum atomic E-state index is -0.736. The summed E-state index contributed by atoms with van der Waals surface area (Å²) in [7, 11) is 0. The molecule has 2 rings (SSSR count). The highest BCUT2D eigenvalue weighted by atomic mass is 19.1. The number of aromatic nitrogens is 3. The Morgan fingerprint density at radius 2 is 2.17 bits per heavy atom. The number of anilines is 1. The fourth-order valence-electron chi connectivity index (χ4n) is 1.25. The molecule has 0 aliphatic rings. The lowest BCUT2D eigenvalue weighted by atomic mass is 10.3. The van der Waals surface area contributed by atoms with Crippen LogP contribution >= 0.6 is 0 Å². The van der Waals surface area contributed by atoms with E-state index in [-0.39, 0.29) is 17.7 Å². The summed E-state index contributed by atoms with van der Waals surface area (Å²) < 4.78 is 18.0. The molecule has 7 heteroatoms. The Hall–Kier alpha value is -2.44. The molecule has 0 fully saturated rings. The number of carbonyl (C=O) groups is 1. The third kappa shape index (κ3) is 3.03. The van der Waals surface area contributed by atoms with E-state index in [4.69, 9.17) is 4.74 Å². The first kappa shape index (κ1) is 12.0. The molecule has 1 aromatic heterocycles. The Balaban J connectivity index is 1.93. The Bertz CT molecular complexity index is 512. The Morgan fingerprint density at radius 1 is 1.44 bits per heavy atom. The van der Waals surface area contributed by atoms with Crippen LogP contribution in [0.25, 0.3) is 0 Å². The molecule has 0 bridgehead atoms. The van der Waals surface area contributed by atoms with Crippen LogP contribution in [-0.2, 0) is 4.79 Å². The number of nitrogens with one attached hydrogen (secondary N) is 2. The molecule has 18 heavy (non-hydrogen) atoms. The van der Waals surface area contributed by atoms with Gasteiger partial charge in [-0.2, -0.15) is 10.1 Å². The minimum Gasteiger partial charge on any atom is -0.481 e. The topological polar surface area (TPSA) is 79.9 Å². The van der Waals surface area contributed by atoms with Gasteiger partial charge in [-0.25, -0.2) is 9.49 Å². The van der Waals surface area contributed by atoms with Gasteiger partial charge in [-0.1, -0.05) is 0 Å². The second kappa shape index (κ2) is 5.26. The molecule has 6 nitrogen and oxygen atoms in total. The van der Waals surface area contributed by atoms with Gasteiger partial charge in [0.25, 0.3) is 5.91 Å². The molecule has 1 atom stereocenters. The van der Waals surface area contributed by atoms with Gasteiger partial charge in [0.1, 0.15) is 17.9 Å². The lowest BCUT2D eigenvalue weighted by molar-refractivity contribution is -0.122. The van der Waals surface area contributed by atoms with Gasteiger partial charge >= 0.3 is 0 Å². The number of hydrogen-bond donors (Lipinski definition) is 2. The van der Waals surface area contributed by atoms with Crippen LogP contribution in [0, 0.1) is 5.82 Å². The van der Waals surface area contributed by atoms with Crippen molar-refractivity contribution in [3.8, 4) is 5.75 Å². The van der Waals surface area contributed by atoms with E-state index < -0.39 is 6.10 Å². The maximum absolute atomic E-state index is 12.7. The van der Waals surface area contributed by atoms with E-state index in [0.717, 1.165) is 0 Å². The first-order valence-electron chi connectivity index (χ1n) is 5.23. The molecule has 0 aliphatic carbocycles. The summed E-state index contributed by atoms with van der Waals surface area (Å²) in [6.07, 6.45) is 0.543. The Labute approximate surface area is 102 Å². The molecular formula is C11H11FN4O2. The molecule has 0 spiro atoms. The van der Waals surface area contributed by atoms with Gasteiger partial charge in [0.2, 0.25) is 5.95 Å². The van der Waals surface area contributed by atoms with Crippen LogP contribution in [0.3, 0.4) is 0 Å². The average molecular weight is 250 g/mol. The normalized spacial score (nSPS) is 11.9. The van der Waals surface area contributed by atoms with Crippen LogP contribution in [0.15, 0.2) is 30.6 Å². The van der Waals surface area contributed by atoms with Crippen LogP contribution in [0.4, 0.5) is 10.3 Å². The second-order valence-corrected chi connectivity index (χ2v) is 3.54. The standard InChI is InChI=1S/C11H11FN4O2/c1-7(10(17)15-11-13-6-14-16-11)18-9-4-2-8(12)3-5-9/h2-7H,1H3,(H2,13,14,15,16,17)/t7-/m0/s1. The summed E-state index contributed by atoms with van der Waals surface area (Å²) in [4.78, 5) is 15.4. The molecule has 0 saturated heterocycles. The van der Waals surface area contributed by atoms with Crippen molar-refractivity contribution in [3.05, 3.63) is 36.4 Å². The third-order valence-electron chi connectivity index (χ3n) is 2.15. The number of nitrogens with zero attached hydrogens (tertiary/aromatic N) is 2.